The number of carbonyl (C=O) groups is 2. The van der Waals surface area contributed by atoms with Crippen molar-refractivity contribution in [1.82, 2.24) is 10.3 Å². The number of nitrogens with one attached hydrogen (secondary N) is 2. The third-order valence-electron chi connectivity index (χ3n) is 3.15. The molecule has 2 amide bonds. The highest BCUT2D eigenvalue weighted by Crippen LogP contribution is 2.17. The highest BCUT2D eigenvalue weighted by molar-refractivity contribution is 6.05. The van der Waals surface area contributed by atoms with Gasteiger partial charge < -0.3 is 15.4 Å². The molecule has 1 aromatic heterocycles. The minimum atomic E-state index is -0.344. The van der Waals surface area contributed by atoms with E-state index in [1.165, 1.54) is 18.5 Å². The number of hydrogen-bond acceptors (Lipinski definition) is 4. The molecule has 2 rings (SSSR count). The number of carbonyl (C=O) groups excluding carboxylic acids is 2. The SMILES string of the molecule is C=CCNC(=O)c1cncc(C(=O)Nc2ccc(OC(C)C)cc2)c1. The summed E-state index contributed by atoms with van der Waals surface area (Å²) in [6.07, 6.45) is 4.49. The molecule has 2 N–H and O–H groups in total. The van der Waals surface area contributed by atoms with Gasteiger partial charge in [-0.15, -0.1) is 6.58 Å². The van der Waals surface area contributed by atoms with E-state index < -0.39 is 0 Å². The summed E-state index contributed by atoms with van der Waals surface area (Å²) in [6, 6.07) is 8.57. The molecular weight excluding hydrogens is 318 g/mol. The van der Waals surface area contributed by atoms with Gasteiger partial charge in [0.25, 0.3) is 11.8 Å². The molecule has 0 radical (unpaired) electrons. The van der Waals surface area contributed by atoms with E-state index in [0.717, 1.165) is 5.75 Å². The normalized spacial score (nSPS) is 10.2. The van der Waals surface area contributed by atoms with Crippen LogP contribution in [0.4, 0.5) is 5.69 Å². The molecule has 0 spiro atoms. The van der Waals surface area contributed by atoms with Gasteiger partial charge >= 0.3 is 0 Å². The number of amides is 2. The highest BCUT2D eigenvalue weighted by atomic mass is 16.5. The maximum atomic E-state index is 12.3. The predicted octanol–water partition coefficient (Wildman–Crippen LogP) is 3.04. The van der Waals surface area contributed by atoms with Crippen LogP contribution in [0.15, 0.2) is 55.4 Å². The van der Waals surface area contributed by atoms with Gasteiger partial charge in [0.2, 0.25) is 0 Å². The van der Waals surface area contributed by atoms with Crippen LogP contribution in [0, 0.1) is 0 Å². The Morgan fingerprint density at radius 1 is 1.16 bits per heavy atom. The minimum absolute atomic E-state index is 0.0847. The number of aromatic nitrogens is 1. The minimum Gasteiger partial charge on any atom is -0.491 e. The van der Waals surface area contributed by atoms with Gasteiger partial charge in [-0.25, -0.2) is 0 Å². The largest absolute Gasteiger partial charge is 0.491 e. The van der Waals surface area contributed by atoms with Gasteiger partial charge in [-0.2, -0.15) is 0 Å². The van der Waals surface area contributed by atoms with Crippen LogP contribution in [-0.4, -0.2) is 29.4 Å². The van der Waals surface area contributed by atoms with E-state index >= 15 is 0 Å². The van der Waals surface area contributed by atoms with Gasteiger partial charge in [-0.1, -0.05) is 6.08 Å². The first kappa shape index (κ1) is 18.2. The van der Waals surface area contributed by atoms with Crippen molar-refractivity contribution in [3.8, 4) is 5.75 Å². The molecule has 1 aromatic carbocycles. The monoisotopic (exact) mass is 339 g/mol. The lowest BCUT2D eigenvalue weighted by atomic mass is 10.2. The summed E-state index contributed by atoms with van der Waals surface area (Å²) in [6.45, 7) is 7.78. The fourth-order valence-electron chi connectivity index (χ4n) is 2.05. The number of nitrogens with zero attached hydrogens (tertiary/aromatic N) is 1. The molecule has 0 fully saturated rings. The van der Waals surface area contributed by atoms with Crippen molar-refractivity contribution in [2.45, 2.75) is 20.0 Å². The van der Waals surface area contributed by atoms with Crippen molar-refractivity contribution in [3.63, 3.8) is 0 Å². The van der Waals surface area contributed by atoms with Crippen LogP contribution < -0.4 is 15.4 Å². The zero-order valence-corrected chi connectivity index (χ0v) is 14.3. The molecule has 0 saturated carbocycles. The zero-order valence-electron chi connectivity index (χ0n) is 14.3. The molecule has 0 unspecified atom stereocenters. The first-order valence-corrected chi connectivity index (χ1v) is 7.92. The van der Waals surface area contributed by atoms with Crippen LogP contribution in [0.5, 0.6) is 5.75 Å². The Morgan fingerprint density at radius 3 is 2.40 bits per heavy atom. The molecule has 6 nitrogen and oxygen atoms in total. The summed E-state index contributed by atoms with van der Waals surface area (Å²) in [4.78, 5) is 28.2. The number of rotatable bonds is 7. The van der Waals surface area contributed by atoms with Crippen LogP contribution >= 0.6 is 0 Å². The fraction of sp³-hybridized carbons (Fsp3) is 0.211. The van der Waals surface area contributed by atoms with E-state index in [0.29, 0.717) is 23.4 Å². The number of hydrogen-bond donors (Lipinski definition) is 2. The van der Waals surface area contributed by atoms with Gasteiger partial charge in [0.05, 0.1) is 17.2 Å². The van der Waals surface area contributed by atoms with E-state index in [4.69, 9.17) is 4.74 Å². The van der Waals surface area contributed by atoms with E-state index in [-0.39, 0.29) is 17.9 Å². The number of ether oxygens (including phenoxy) is 1. The summed E-state index contributed by atoms with van der Waals surface area (Å²) in [5.74, 6) is 0.0798. The Morgan fingerprint density at radius 2 is 1.80 bits per heavy atom. The molecule has 0 atom stereocenters. The second-order valence-electron chi connectivity index (χ2n) is 5.61. The molecule has 25 heavy (non-hydrogen) atoms. The number of benzene rings is 1. The fourth-order valence-corrected chi connectivity index (χ4v) is 2.05. The van der Waals surface area contributed by atoms with Gasteiger partial charge in [0.15, 0.2) is 0 Å². The maximum absolute atomic E-state index is 12.3. The van der Waals surface area contributed by atoms with Crippen molar-refractivity contribution in [2.24, 2.45) is 0 Å². The topological polar surface area (TPSA) is 80.3 Å². The molecule has 0 saturated heterocycles. The van der Waals surface area contributed by atoms with E-state index in [9.17, 15) is 9.59 Å². The Kier molecular flexibility index (Phi) is 6.28. The summed E-state index contributed by atoms with van der Waals surface area (Å²) in [5.41, 5.74) is 1.24. The smallest absolute Gasteiger partial charge is 0.257 e. The summed E-state index contributed by atoms with van der Waals surface area (Å²) in [5, 5.41) is 5.41. The molecule has 0 bridgehead atoms. The third kappa shape index (κ3) is 5.46. The average Bonchev–Trinajstić information content (AvgIpc) is 2.61. The Hall–Kier alpha value is -3.15. The molecule has 6 heteroatoms. The van der Waals surface area contributed by atoms with Crippen LogP contribution in [0.2, 0.25) is 0 Å². The van der Waals surface area contributed by atoms with Crippen LogP contribution in [-0.2, 0) is 0 Å². The third-order valence-corrected chi connectivity index (χ3v) is 3.15. The summed E-state index contributed by atoms with van der Waals surface area (Å²) in [7, 11) is 0. The van der Waals surface area contributed by atoms with Crippen molar-refractivity contribution < 1.29 is 14.3 Å². The van der Waals surface area contributed by atoms with E-state index in [2.05, 4.69) is 22.2 Å². The molecule has 2 aromatic rings. The standard InChI is InChI=1S/C19H21N3O3/c1-4-9-21-18(23)14-10-15(12-20-11-14)19(24)22-16-5-7-17(8-6-16)25-13(2)3/h4-8,10-13H,1,9H2,2-3H3,(H,21,23)(H,22,24). The first-order valence-electron chi connectivity index (χ1n) is 7.92. The Bertz CT molecular complexity index is 755. The van der Waals surface area contributed by atoms with Crippen molar-refractivity contribution >= 4 is 17.5 Å². The van der Waals surface area contributed by atoms with E-state index in [1.807, 2.05) is 13.8 Å². The van der Waals surface area contributed by atoms with Gasteiger partial charge in [0.1, 0.15) is 5.75 Å². The Balaban J connectivity index is 2.05. The first-order chi connectivity index (χ1) is 12.0. The Labute approximate surface area is 146 Å². The lowest BCUT2D eigenvalue weighted by Gasteiger charge is -2.11. The van der Waals surface area contributed by atoms with Gasteiger partial charge in [0, 0.05) is 24.6 Å². The van der Waals surface area contributed by atoms with Gasteiger partial charge in [-0.05, 0) is 44.2 Å². The predicted molar refractivity (Wildman–Crippen MR) is 96.9 cm³/mol. The molecule has 1 heterocycles. The van der Waals surface area contributed by atoms with E-state index in [1.54, 1.807) is 30.3 Å². The second kappa shape index (κ2) is 8.63. The summed E-state index contributed by atoms with van der Waals surface area (Å²) >= 11 is 0. The number of pyridine rings is 1. The zero-order chi connectivity index (χ0) is 18.2. The van der Waals surface area contributed by atoms with Crippen LogP contribution in [0.25, 0.3) is 0 Å². The van der Waals surface area contributed by atoms with Crippen LogP contribution in [0.3, 0.4) is 0 Å². The number of anilines is 1. The lowest BCUT2D eigenvalue weighted by Crippen LogP contribution is -2.24. The highest BCUT2D eigenvalue weighted by Gasteiger charge is 2.11. The molecule has 0 aliphatic rings. The molecular formula is C19H21N3O3. The van der Waals surface area contributed by atoms with Gasteiger partial charge in [-0.3, -0.25) is 14.6 Å². The average molecular weight is 339 g/mol. The maximum Gasteiger partial charge on any atom is 0.257 e. The lowest BCUT2D eigenvalue weighted by molar-refractivity contribution is 0.0957. The van der Waals surface area contributed by atoms with Crippen molar-refractivity contribution in [1.29, 1.82) is 0 Å². The summed E-state index contributed by atoms with van der Waals surface area (Å²) < 4.78 is 5.56. The van der Waals surface area contributed by atoms with Crippen LogP contribution in [0.1, 0.15) is 34.6 Å². The molecule has 0 aliphatic heterocycles. The second-order valence-corrected chi connectivity index (χ2v) is 5.61. The van der Waals surface area contributed by atoms with Crippen molar-refractivity contribution in [2.75, 3.05) is 11.9 Å². The van der Waals surface area contributed by atoms with Crippen molar-refractivity contribution in [3.05, 3.63) is 66.5 Å². The molecule has 0 aliphatic carbocycles. The quantitative estimate of drug-likeness (QED) is 0.760. The molecule has 130 valence electrons.